The monoisotopic (exact) mass is 233 g/mol. The molecule has 0 radical (unpaired) electrons. The van der Waals surface area contributed by atoms with Gasteiger partial charge in [-0.1, -0.05) is 0 Å². The van der Waals surface area contributed by atoms with Crippen LogP contribution >= 0.6 is 11.8 Å². The lowest BCUT2D eigenvalue weighted by Crippen LogP contribution is -2.04. The Morgan fingerprint density at radius 2 is 2.31 bits per heavy atom. The van der Waals surface area contributed by atoms with E-state index >= 15 is 0 Å². The van der Waals surface area contributed by atoms with E-state index in [1.54, 1.807) is 24.3 Å². The van der Waals surface area contributed by atoms with Crippen LogP contribution in [0.1, 0.15) is 5.69 Å². The quantitative estimate of drug-likeness (QED) is 0.639. The maximum atomic E-state index is 4.12. The lowest BCUT2D eigenvalue weighted by atomic mass is 10.4. The average Bonchev–Trinajstić information content (AvgIpc) is 2.38. The second kappa shape index (κ2) is 5.41. The van der Waals surface area contributed by atoms with Crippen LogP contribution in [0.25, 0.3) is 0 Å². The number of nitrogens with one attached hydrogen (secondary N) is 1. The Hall–Kier alpha value is -1.69. The Labute approximate surface area is 97.7 Å². The Balaban J connectivity index is 1.99. The minimum absolute atomic E-state index is 0.610. The summed E-state index contributed by atoms with van der Waals surface area (Å²) in [5.41, 5.74) is 0.881. The highest BCUT2D eigenvalue weighted by atomic mass is 32.2. The molecule has 2 rings (SSSR count). The zero-order chi connectivity index (χ0) is 11.2. The van der Waals surface area contributed by atoms with Crippen molar-refractivity contribution in [2.45, 2.75) is 11.6 Å². The predicted molar refractivity (Wildman–Crippen MR) is 63.2 cm³/mol. The fraction of sp³-hybridized carbons (Fsp3) is 0.200. The molecule has 16 heavy (non-hydrogen) atoms. The molecule has 1 N–H and O–H groups in total. The minimum atomic E-state index is 0.610. The summed E-state index contributed by atoms with van der Waals surface area (Å²) in [5.74, 6) is 0.796. The van der Waals surface area contributed by atoms with Crippen molar-refractivity contribution in [1.82, 2.24) is 20.2 Å². The summed E-state index contributed by atoms with van der Waals surface area (Å²) in [6, 6.07) is 5.68. The first kappa shape index (κ1) is 10.8. The fourth-order valence-corrected chi connectivity index (χ4v) is 1.54. The van der Waals surface area contributed by atoms with Crippen LogP contribution < -0.4 is 5.32 Å². The molecule has 0 aliphatic heterocycles. The number of nitrogens with zero attached hydrogens (tertiary/aromatic N) is 4. The van der Waals surface area contributed by atoms with Crippen molar-refractivity contribution in [2.24, 2.45) is 0 Å². The van der Waals surface area contributed by atoms with Crippen LogP contribution in [0.3, 0.4) is 0 Å². The molecule has 82 valence electrons. The lowest BCUT2D eigenvalue weighted by Gasteiger charge is -2.04. The molecule has 0 saturated carbocycles. The number of rotatable bonds is 4. The van der Waals surface area contributed by atoms with Gasteiger partial charge in [0.1, 0.15) is 17.2 Å². The molecule has 0 unspecified atom stereocenters. The number of anilines is 1. The molecular formula is C10H11N5S. The molecule has 0 bridgehead atoms. The van der Waals surface area contributed by atoms with E-state index in [1.165, 1.54) is 0 Å². The van der Waals surface area contributed by atoms with Crippen LogP contribution in [0.4, 0.5) is 5.82 Å². The molecule has 2 aromatic heterocycles. The van der Waals surface area contributed by atoms with Gasteiger partial charge in [-0.25, -0.2) is 9.97 Å². The molecule has 0 aliphatic rings. The van der Waals surface area contributed by atoms with Gasteiger partial charge in [0.05, 0.1) is 12.2 Å². The summed E-state index contributed by atoms with van der Waals surface area (Å²) < 4.78 is 0. The minimum Gasteiger partial charge on any atom is -0.364 e. The van der Waals surface area contributed by atoms with Crippen LogP contribution in [-0.4, -0.2) is 26.4 Å². The molecule has 0 spiro atoms. The first-order valence-electron chi connectivity index (χ1n) is 4.75. The van der Waals surface area contributed by atoms with E-state index in [0.717, 1.165) is 16.5 Å². The van der Waals surface area contributed by atoms with Gasteiger partial charge in [0.2, 0.25) is 0 Å². The van der Waals surface area contributed by atoms with E-state index in [4.69, 9.17) is 0 Å². The van der Waals surface area contributed by atoms with Crippen molar-refractivity contribution >= 4 is 17.6 Å². The van der Waals surface area contributed by atoms with Gasteiger partial charge in [0.15, 0.2) is 0 Å². The van der Waals surface area contributed by atoms with Gasteiger partial charge in [-0.2, -0.15) is 10.2 Å². The van der Waals surface area contributed by atoms with Gasteiger partial charge in [-0.05, 0) is 18.4 Å². The third kappa shape index (κ3) is 2.90. The molecule has 5 nitrogen and oxygen atoms in total. The smallest absolute Gasteiger partial charge is 0.130 e. The van der Waals surface area contributed by atoms with Gasteiger partial charge in [-0.15, -0.1) is 11.8 Å². The van der Waals surface area contributed by atoms with Crippen LogP contribution in [0.2, 0.25) is 0 Å². The van der Waals surface area contributed by atoms with Crippen LogP contribution in [-0.2, 0) is 6.54 Å². The SMILES string of the molecule is CSc1cc(NCc2cccnn2)ncn1. The third-order valence-electron chi connectivity index (χ3n) is 1.93. The van der Waals surface area contributed by atoms with Crippen LogP contribution in [0.5, 0.6) is 0 Å². The van der Waals surface area contributed by atoms with Gasteiger partial charge >= 0.3 is 0 Å². The molecule has 0 amide bonds. The van der Waals surface area contributed by atoms with Crippen molar-refractivity contribution in [3.05, 3.63) is 36.4 Å². The highest BCUT2D eigenvalue weighted by Crippen LogP contribution is 2.13. The summed E-state index contributed by atoms with van der Waals surface area (Å²) >= 11 is 1.59. The highest BCUT2D eigenvalue weighted by Gasteiger charge is 1.98. The second-order valence-corrected chi connectivity index (χ2v) is 3.84. The molecule has 0 aromatic carbocycles. The fourth-order valence-electron chi connectivity index (χ4n) is 1.16. The van der Waals surface area contributed by atoms with Crippen molar-refractivity contribution in [1.29, 1.82) is 0 Å². The van der Waals surface area contributed by atoms with E-state index in [9.17, 15) is 0 Å². The van der Waals surface area contributed by atoms with Crippen molar-refractivity contribution in [2.75, 3.05) is 11.6 Å². The van der Waals surface area contributed by atoms with E-state index < -0.39 is 0 Å². The molecule has 0 saturated heterocycles. The topological polar surface area (TPSA) is 63.6 Å². The average molecular weight is 233 g/mol. The second-order valence-electron chi connectivity index (χ2n) is 3.01. The van der Waals surface area contributed by atoms with Crippen molar-refractivity contribution < 1.29 is 0 Å². The predicted octanol–water partition coefficient (Wildman–Crippen LogP) is 1.60. The molecule has 0 atom stereocenters. The van der Waals surface area contributed by atoms with E-state index in [0.29, 0.717) is 6.54 Å². The van der Waals surface area contributed by atoms with E-state index in [-0.39, 0.29) is 0 Å². The summed E-state index contributed by atoms with van der Waals surface area (Å²) in [6.07, 6.45) is 5.18. The largest absolute Gasteiger partial charge is 0.364 e. The van der Waals surface area contributed by atoms with Gasteiger partial charge < -0.3 is 5.32 Å². The molecule has 6 heteroatoms. The third-order valence-corrected chi connectivity index (χ3v) is 2.57. The number of thioether (sulfide) groups is 1. The van der Waals surface area contributed by atoms with E-state index in [2.05, 4.69) is 25.5 Å². The normalized spacial score (nSPS) is 10.1. The summed E-state index contributed by atoms with van der Waals surface area (Å²) in [7, 11) is 0. The number of hydrogen-bond donors (Lipinski definition) is 1. The Kier molecular flexibility index (Phi) is 3.66. The first-order valence-corrected chi connectivity index (χ1v) is 5.97. The zero-order valence-electron chi connectivity index (χ0n) is 8.79. The van der Waals surface area contributed by atoms with Gasteiger partial charge in [-0.3, -0.25) is 0 Å². The summed E-state index contributed by atoms with van der Waals surface area (Å²) in [4.78, 5) is 8.22. The van der Waals surface area contributed by atoms with Crippen LogP contribution in [0.15, 0.2) is 35.7 Å². The van der Waals surface area contributed by atoms with Crippen LogP contribution in [0, 0.1) is 0 Å². The maximum absolute atomic E-state index is 4.12. The van der Waals surface area contributed by atoms with Gasteiger partial charge in [0, 0.05) is 12.3 Å². The molecule has 0 aliphatic carbocycles. The number of hydrogen-bond acceptors (Lipinski definition) is 6. The number of aromatic nitrogens is 4. The Morgan fingerprint density at radius 1 is 1.38 bits per heavy atom. The molecule has 2 heterocycles. The van der Waals surface area contributed by atoms with E-state index in [1.807, 2.05) is 24.5 Å². The van der Waals surface area contributed by atoms with Gasteiger partial charge in [0.25, 0.3) is 0 Å². The first-order chi connectivity index (χ1) is 7.88. The summed E-state index contributed by atoms with van der Waals surface area (Å²) in [6.45, 7) is 0.610. The summed E-state index contributed by atoms with van der Waals surface area (Å²) in [5, 5.41) is 11.9. The standard InChI is InChI=1S/C10H11N5S/c1-16-10-5-9(12-7-13-10)11-6-8-3-2-4-14-15-8/h2-5,7H,6H2,1H3,(H,11,12,13). The van der Waals surface area contributed by atoms with Crippen molar-refractivity contribution in [3.63, 3.8) is 0 Å². The molecule has 0 fully saturated rings. The maximum Gasteiger partial charge on any atom is 0.130 e. The zero-order valence-corrected chi connectivity index (χ0v) is 9.61. The molecule has 2 aromatic rings. The van der Waals surface area contributed by atoms with Crippen molar-refractivity contribution in [3.8, 4) is 0 Å². The lowest BCUT2D eigenvalue weighted by molar-refractivity contribution is 0.915. The Morgan fingerprint density at radius 3 is 3.06 bits per heavy atom. The Bertz CT molecular complexity index is 448. The highest BCUT2D eigenvalue weighted by molar-refractivity contribution is 7.98. The molecular weight excluding hydrogens is 222 g/mol.